The molecule has 0 aliphatic carbocycles. The number of hydrogen-bond donors (Lipinski definition) is 0. The molecule has 0 saturated carbocycles. The molecule has 0 radical (unpaired) electrons. The summed E-state index contributed by atoms with van der Waals surface area (Å²) in [6, 6.07) is 20.3. The Balaban J connectivity index is 1.48. The normalized spacial score (nSPS) is 12.2. The van der Waals surface area contributed by atoms with Crippen molar-refractivity contribution < 1.29 is 13.2 Å². The molecule has 0 aliphatic rings. The van der Waals surface area contributed by atoms with Gasteiger partial charge < -0.3 is 8.83 Å². The van der Waals surface area contributed by atoms with Crippen LogP contribution in [0.1, 0.15) is 28.7 Å². The molecule has 0 fully saturated rings. The summed E-state index contributed by atoms with van der Waals surface area (Å²) in [4.78, 5) is 0. The molecule has 4 aromatic rings. The van der Waals surface area contributed by atoms with E-state index in [4.69, 9.17) is 8.83 Å². The monoisotopic (exact) mass is 380 g/mol. The number of nitrogens with zero attached hydrogens (tertiary/aromatic N) is 2. The molecule has 6 heteroatoms. The highest BCUT2D eigenvalue weighted by atomic mass is 32.2. The van der Waals surface area contributed by atoms with Gasteiger partial charge >= 0.3 is 0 Å². The molecule has 0 N–H and O–H groups in total. The lowest BCUT2D eigenvalue weighted by atomic mass is 9.93. The number of aromatic nitrogens is 2. The van der Waals surface area contributed by atoms with E-state index in [0.29, 0.717) is 17.5 Å². The Hall–Kier alpha value is -2.86. The number of halogens is 1. The highest BCUT2D eigenvalue weighted by Crippen LogP contribution is 2.30. The van der Waals surface area contributed by atoms with Crippen LogP contribution in [0, 0.1) is 5.82 Å². The average molecular weight is 380 g/mol. The summed E-state index contributed by atoms with van der Waals surface area (Å²) in [6.45, 7) is 0. The molecular weight excluding hydrogens is 363 g/mol. The van der Waals surface area contributed by atoms with E-state index >= 15 is 0 Å². The van der Waals surface area contributed by atoms with Crippen molar-refractivity contribution in [3.05, 3.63) is 102 Å². The third-order valence-electron chi connectivity index (χ3n) is 4.19. The maximum Gasteiger partial charge on any atom is 0.276 e. The summed E-state index contributed by atoms with van der Waals surface area (Å²) in [7, 11) is 0. The Morgan fingerprint density at radius 2 is 1.74 bits per heavy atom. The molecule has 0 spiro atoms. The minimum atomic E-state index is -0.269. The molecular formula is C21H17FN2O2S. The summed E-state index contributed by atoms with van der Waals surface area (Å²) in [5.41, 5.74) is 2.13. The molecule has 2 aromatic carbocycles. The molecule has 2 aromatic heterocycles. The zero-order valence-corrected chi connectivity index (χ0v) is 15.2. The van der Waals surface area contributed by atoms with Crippen molar-refractivity contribution >= 4 is 11.8 Å². The van der Waals surface area contributed by atoms with Gasteiger partial charge in [-0.3, -0.25) is 0 Å². The molecule has 0 aliphatic heterocycles. The van der Waals surface area contributed by atoms with Crippen LogP contribution in [0.5, 0.6) is 0 Å². The van der Waals surface area contributed by atoms with Crippen molar-refractivity contribution in [3.8, 4) is 0 Å². The quantitative estimate of drug-likeness (QED) is 0.398. The number of hydrogen-bond acceptors (Lipinski definition) is 5. The molecule has 2 heterocycles. The number of furan rings is 1. The summed E-state index contributed by atoms with van der Waals surface area (Å²) >= 11 is 1.50. The van der Waals surface area contributed by atoms with E-state index in [-0.39, 0.29) is 11.7 Å². The Morgan fingerprint density at radius 1 is 0.926 bits per heavy atom. The van der Waals surface area contributed by atoms with Gasteiger partial charge in [-0.2, -0.15) is 0 Å². The predicted octanol–water partition coefficient (Wildman–Crippen LogP) is 5.47. The summed E-state index contributed by atoms with van der Waals surface area (Å²) < 4.78 is 24.7. The van der Waals surface area contributed by atoms with Gasteiger partial charge in [-0.25, -0.2) is 4.39 Å². The van der Waals surface area contributed by atoms with Crippen LogP contribution >= 0.6 is 11.8 Å². The first-order valence-corrected chi connectivity index (χ1v) is 9.54. The van der Waals surface area contributed by atoms with Crippen molar-refractivity contribution in [2.45, 2.75) is 23.3 Å². The third kappa shape index (κ3) is 4.46. The van der Waals surface area contributed by atoms with Gasteiger partial charge in [0.15, 0.2) is 0 Å². The number of rotatable bonds is 7. The van der Waals surface area contributed by atoms with E-state index in [9.17, 15) is 4.39 Å². The van der Waals surface area contributed by atoms with E-state index in [0.717, 1.165) is 17.1 Å². The van der Waals surface area contributed by atoms with E-state index in [1.807, 2.05) is 30.3 Å². The van der Waals surface area contributed by atoms with Gasteiger partial charge in [-0.05, 0) is 35.4 Å². The van der Waals surface area contributed by atoms with E-state index < -0.39 is 0 Å². The maximum atomic E-state index is 13.3. The molecule has 0 bridgehead atoms. The summed E-state index contributed by atoms with van der Waals surface area (Å²) in [5, 5.41) is 8.83. The first-order valence-electron chi connectivity index (χ1n) is 8.56. The third-order valence-corrected chi connectivity index (χ3v) is 5.08. The van der Waals surface area contributed by atoms with Gasteiger partial charge in [0.1, 0.15) is 11.6 Å². The molecule has 0 amide bonds. The highest BCUT2D eigenvalue weighted by Gasteiger charge is 2.21. The maximum absolute atomic E-state index is 13.3. The van der Waals surface area contributed by atoms with Crippen molar-refractivity contribution in [2.75, 3.05) is 0 Å². The fraction of sp³-hybridized carbons (Fsp3) is 0.143. The first-order chi connectivity index (χ1) is 13.3. The van der Waals surface area contributed by atoms with Crippen molar-refractivity contribution in [1.29, 1.82) is 0 Å². The summed E-state index contributed by atoms with van der Waals surface area (Å²) in [6.07, 6.45) is 2.11. The second kappa shape index (κ2) is 8.22. The molecule has 27 heavy (non-hydrogen) atoms. The first kappa shape index (κ1) is 17.5. The fourth-order valence-electron chi connectivity index (χ4n) is 2.84. The van der Waals surface area contributed by atoms with Crippen LogP contribution in [0.4, 0.5) is 4.39 Å². The second-order valence-corrected chi connectivity index (χ2v) is 6.99. The molecule has 4 nitrogen and oxygen atoms in total. The SMILES string of the molecule is Fc1ccc(C(Cc2nnc(SCc3ccccc3)o2)c2ccco2)cc1. The predicted molar refractivity (Wildman–Crippen MR) is 101 cm³/mol. The van der Waals surface area contributed by atoms with E-state index in [2.05, 4.69) is 22.3 Å². The lowest BCUT2D eigenvalue weighted by molar-refractivity contribution is 0.395. The van der Waals surface area contributed by atoms with Crippen LogP contribution in [0.2, 0.25) is 0 Å². The van der Waals surface area contributed by atoms with Gasteiger partial charge in [0.05, 0.1) is 12.2 Å². The smallest absolute Gasteiger partial charge is 0.276 e. The number of benzene rings is 2. The van der Waals surface area contributed by atoms with Gasteiger partial charge in [0, 0.05) is 12.2 Å². The van der Waals surface area contributed by atoms with Crippen LogP contribution < -0.4 is 0 Å². The van der Waals surface area contributed by atoms with Crippen molar-refractivity contribution in [2.24, 2.45) is 0 Å². The zero-order valence-electron chi connectivity index (χ0n) is 14.4. The van der Waals surface area contributed by atoms with Gasteiger partial charge in [0.2, 0.25) is 5.89 Å². The lowest BCUT2D eigenvalue weighted by Gasteiger charge is -2.13. The van der Waals surface area contributed by atoms with Crippen LogP contribution in [-0.2, 0) is 12.2 Å². The van der Waals surface area contributed by atoms with Crippen molar-refractivity contribution in [1.82, 2.24) is 10.2 Å². The molecule has 1 unspecified atom stereocenters. The molecule has 136 valence electrons. The van der Waals surface area contributed by atoms with Gasteiger partial charge in [-0.15, -0.1) is 10.2 Å². The molecule has 1 atom stereocenters. The minimum absolute atomic E-state index is 0.118. The zero-order chi connectivity index (χ0) is 18.5. The standard InChI is InChI=1S/C21H17FN2O2S/c22-17-10-8-16(9-11-17)18(19-7-4-12-25-19)13-20-23-24-21(26-20)27-14-15-5-2-1-3-6-15/h1-12,18H,13-14H2. The minimum Gasteiger partial charge on any atom is -0.469 e. The molecule has 0 saturated heterocycles. The van der Waals surface area contributed by atoms with Crippen LogP contribution in [0.3, 0.4) is 0 Å². The Morgan fingerprint density at radius 3 is 2.48 bits per heavy atom. The van der Waals surface area contributed by atoms with Crippen molar-refractivity contribution in [3.63, 3.8) is 0 Å². The van der Waals surface area contributed by atoms with Crippen LogP contribution in [-0.4, -0.2) is 10.2 Å². The van der Waals surface area contributed by atoms with Gasteiger partial charge in [-0.1, -0.05) is 54.2 Å². The van der Waals surface area contributed by atoms with E-state index in [1.165, 1.54) is 29.5 Å². The second-order valence-electron chi connectivity index (χ2n) is 6.06. The highest BCUT2D eigenvalue weighted by molar-refractivity contribution is 7.98. The van der Waals surface area contributed by atoms with Crippen LogP contribution in [0.15, 0.2) is 87.1 Å². The Labute approximate surface area is 160 Å². The summed E-state index contributed by atoms with van der Waals surface area (Å²) in [5.74, 6) is 1.68. The Kier molecular flexibility index (Phi) is 5.34. The number of thioether (sulfide) groups is 1. The van der Waals surface area contributed by atoms with Crippen LogP contribution in [0.25, 0.3) is 0 Å². The van der Waals surface area contributed by atoms with Gasteiger partial charge in [0.25, 0.3) is 5.22 Å². The molecule has 4 rings (SSSR count). The fourth-order valence-corrected chi connectivity index (χ4v) is 3.58. The lowest BCUT2D eigenvalue weighted by Crippen LogP contribution is -2.04. The average Bonchev–Trinajstić information content (AvgIpc) is 3.38. The largest absolute Gasteiger partial charge is 0.469 e. The Bertz CT molecular complexity index is 969. The van der Waals surface area contributed by atoms with E-state index in [1.54, 1.807) is 18.4 Å². The topological polar surface area (TPSA) is 52.1 Å².